The Bertz CT molecular complexity index is 310. The molecule has 0 radical (unpaired) electrons. The number of thioether (sulfide) groups is 2. The minimum atomic E-state index is 0.505. The molecule has 1 N–H and O–H groups in total. The maximum Gasteiger partial charge on any atom is 0.0792 e. The highest BCUT2D eigenvalue weighted by molar-refractivity contribution is 7.99. The van der Waals surface area contributed by atoms with Gasteiger partial charge in [0, 0.05) is 16.7 Å². The van der Waals surface area contributed by atoms with Crippen LogP contribution in [-0.4, -0.2) is 18.1 Å². The lowest BCUT2D eigenvalue weighted by atomic mass is 10.2. The number of nitrogens with one attached hydrogen (secondary N) is 1. The van der Waals surface area contributed by atoms with Crippen LogP contribution >= 0.6 is 23.5 Å². The normalized spacial score (nSPS) is 25.7. The summed E-state index contributed by atoms with van der Waals surface area (Å²) in [7, 11) is 0. The average Bonchev–Trinajstić information content (AvgIpc) is 2.78. The first-order chi connectivity index (χ1) is 7.33. The van der Waals surface area contributed by atoms with E-state index < -0.39 is 0 Å². The van der Waals surface area contributed by atoms with Gasteiger partial charge in [0.25, 0.3) is 0 Å². The first-order valence-electron chi connectivity index (χ1n) is 5.35. The Kier molecular flexibility index (Phi) is 4.00. The maximum absolute atomic E-state index is 3.65. The molecule has 1 aromatic carbocycles. The molecule has 3 heteroatoms. The molecule has 2 rings (SSSR count). The van der Waals surface area contributed by atoms with Crippen molar-refractivity contribution < 1.29 is 0 Å². The number of rotatable bonds is 3. The van der Waals surface area contributed by atoms with Crippen molar-refractivity contribution in [1.29, 1.82) is 0 Å². The fourth-order valence-corrected chi connectivity index (χ4v) is 3.53. The van der Waals surface area contributed by atoms with Gasteiger partial charge in [0.1, 0.15) is 0 Å². The summed E-state index contributed by atoms with van der Waals surface area (Å²) in [6, 6.07) is 9.60. The summed E-state index contributed by atoms with van der Waals surface area (Å²) in [6.45, 7) is 2.25. The van der Waals surface area contributed by atoms with Gasteiger partial charge in [-0.1, -0.05) is 19.1 Å². The zero-order chi connectivity index (χ0) is 10.7. The lowest BCUT2D eigenvalue weighted by Crippen LogP contribution is -2.24. The minimum Gasteiger partial charge on any atom is -0.298 e. The molecule has 15 heavy (non-hydrogen) atoms. The van der Waals surface area contributed by atoms with Crippen LogP contribution in [0.1, 0.15) is 24.3 Å². The van der Waals surface area contributed by atoms with Crippen molar-refractivity contribution >= 4 is 23.5 Å². The van der Waals surface area contributed by atoms with Crippen LogP contribution in [0, 0.1) is 0 Å². The maximum atomic E-state index is 3.65. The van der Waals surface area contributed by atoms with E-state index in [9.17, 15) is 0 Å². The monoisotopic (exact) mass is 239 g/mol. The van der Waals surface area contributed by atoms with Crippen molar-refractivity contribution in [1.82, 2.24) is 5.32 Å². The van der Waals surface area contributed by atoms with Crippen LogP contribution in [0.5, 0.6) is 0 Å². The molecule has 2 unspecified atom stereocenters. The van der Waals surface area contributed by atoms with E-state index in [1.807, 2.05) is 11.8 Å². The molecular weight excluding hydrogens is 222 g/mol. The predicted octanol–water partition coefficient (Wildman–Crippen LogP) is 3.52. The molecule has 0 aliphatic carbocycles. The molecule has 2 atom stereocenters. The summed E-state index contributed by atoms with van der Waals surface area (Å²) < 4.78 is 0. The number of hydrogen-bond donors (Lipinski definition) is 1. The Morgan fingerprint density at radius 1 is 1.40 bits per heavy atom. The van der Waals surface area contributed by atoms with Gasteiger partial charge in [-0.15, -0.1) is 23.5 Å². The fourth-order valence-electron chi connectivity index (χ4n) is 1.73. The van der Waals surface area contributed by atoms with Crippen LogP contribution in [0.25, 0.3) is 0 Å². The van der Waals surface area contributed by atoms with Gasteiger partial charge >= 0.3 is 0 Å². The van der Waals surface area contributed by atoms with Crippen molar-refractivity contribution in [3.63, 3.8) is 0 Å². The fraction of sp³-hybridized carbons (Fsp3) is 0.500. The van der Waals surface area contributed by atoms with Crippen LogP contribution in [0.4, 0.5) is 0 Å². The highest BCUT2D eigenvalue weighted by Gasteiger charge is 2.23. The zero-order valence-corrected chi connectivity index (χ0v) is 10.8. The van der Waals surface area contributed by atoms with E-state index in [1.165, 1.54) is 22.6 Å². The summed E-state index contributed by atoms with van der Waals surface area (Å²) in [6.07, 6.45) is 3.34. The summed E-state index contributed by atoms with van der Waals surface area (Å²) in [5.74, 6) is 1.24. The molecule has 1 saturated heterocycles. The third-order valence-corrected chi connectivity index (χ3v) is 4.84. The SMILES string of the molecule is CCC1CSC(c2ccc(SC)cc2)N1. The van der Waals surface area contributed by atoms with Crippen molar-refractivity contribution in [2.75, 3.05) is 12.0 Å². The van der Waals surface area contributed by atoms with E-state index >= 15 is 0 Å². The standard InChI is InChI=1S/C12H17NS2/c1-3-10-8-15-12(13-10)9-4-6-11(14-2)7-5-9/h4-7,10,12-13H,3,8H2,1-2H3. The second kappa shape index (κ2) is 5.28. The molecule has 82 valence electrons. The van der Waals surface area contributed by atoms with Gasteiger partial charge in [-0.2, -0.15) is 0 Å². The van der Waals surface area contributed by atoms with Gasteiger partial charge in [0.2, 0.25) is 0 Å². The average molecular weight is 239 g/mol. The van der Waals surface area contributed by atoms with Crippen molar-refractivity contribution in [3.8, 4) is 0 Å². The largest absolute Gasteiger partial charge is 0.298 e. The lowest BCUT2D eigenvalue weighted by molar-refractivity contribution is 0.561. The molecule has 1 fully saturated rings. The molecule has 1 heterocycles. The minimum absolute atomic E-state index is 0.505. The van der Waals surface area contributed by atoms with Crippen LogP contribution in [0.3, 0.4) is 0 Å². The molecule has 0 aromatic heterocycles. The second-order valence-corrected chi connectivity index (χ2v) is 5.78. The van der Waals surface area contributed by atoms with Gasteiger partial charge in [-0.05, 0) is 30.4 Å². The summed E-state index contributed by atoms with van der Waals surface area (Å²) in [5, 5.41) is 4.16. The van der Waals surface area contributed by atoms with Crippen LogP contribution in [-0.2, 0) is 0 Å². The summed E-state index contributed by atoms with van der Waals surface area (Å²) in [5.41, 5.74) is 1.41. The smallest absolute Gasteiger partial charge is 0.0792 e. The molecule has 0 saturated carbocycles. The Balaban J connectivity index is 2.04. The third-order valence-electron chi connectivity index (χ3n) is 2.76. The van der Waals surface area contributed by atoms with Crippen LogP contribution in [0.2, 0.25) is 0 Å². The molecule has 0 spiro atoms. The Morgan fingerprint density at radius 3 is 2.67 bits per heavy atom. The van der Waals surface area contributed by atoms with Gasteiger partial charge in [0.05, 0.1) is 5.37 Å². The first-order valence-corrected chi connectivity index (χ1v) is 7.62. The molecule has 0 amide bonds. The van der Waals surface area contributed by atoms with Crippen molar-refractivity contribution in [2.45, 2.75) is 29.7 Å². The molecular formula is C12H17NS2. The van der Waals surface area contributed by atoms with E-state index in [1.54, 1.807) is 11.8 Å². The van der Waals surface area contributed by atoms with Gasteiger partial charge < -0.3 is 0 Å². The molecule has 0 bridgehead atoms. The third kappa shape index (κ3) is 2.71. The predicted molar refractivity (Wildman–Crippen MR) is 70.6 cm³/mol. The number of benzene rings is 1. The van der Waals surface area contributed by atoms with E-state index in [-0.39, 0.29) is 0 Å². The van der Waals surface area contributed by atoms with Crippen LogP contribution < -0.4 is 5.32 Å². The first kappa shape index (κ1) is 11.4. The molecule has 1 aromatic rings. The van der Waals surface area contributed by atoms with Gasteiger partial charge in [-0.3, -0.25) is 5.32 Å². The Hall–Kier alpha value is -0.120. The highest BCUT2D eigenvalue weighted by atomic mass is 32.2. The van der Waals surface area contributed by atoms with Crippen molar-refractivity contribution in [2.24, 2.45) is 0 Å². The number of hydrogen-bond acceptors (Lipinski definition) is 3. The summed E-state index contributed by atoms with van der Waals surface area (Å²) >= 11 is 3.82. The molecule has 1 aliphatic rings. The van der Waals surface area contributed by atoms with Gasteiger partial charge in [-0.25, -0.2) is 0 Å². The summed E-state index contributed by atoms with van der Waals surface area (Å²) in [4.78, 5) is 1.34. The van der Waals surface area contributed by atoms with E-state index in [0.717, 1.165) is 0 Å². The quantitative estimate of drug-likeness (QED) is 0.811. The topological polar surface area (TPSA) is 12.0 Å². The van der Waals surface area contributed by atoms with Crippen LogP contribution in [0.15, 0.2) is 29.2 Å². The Morgan fingerprint density at radius 2 is 2.13 bits per heavy atom. The highest BCUT2D eigenvalue weighted by Crippen LogP contribution is 2.34. The Labute approximate surface area is 100 Å². The van der Waals surface area contributed by atoms with E-state index in [0.29, 0.717) is 11.4 Å². The zero-order valence-electron chi connectivity index (χ0n) is 9.19. The molecule has 1 aliphatic heterocycles. The van der Waals surface area contributed by atoms with E-state index in [4.69, 9.17) is 0 Å². The second-order valence-electron chi connectivity index (χ2n) is 3.76. The van der Waals surface area contributed by atoms with E-state index in [2.05, 4.69) is 42.8 Å². The lowest BCUT2D eigenvalue weighted by Gasteiger charge is -2.12. The van der Waals surface area contributed by atoms with Gasteiger partial charge in [0.15, 0.2) is 0 Å². The molecule has 1 nitrogen and oxygen atoms in total. The van der Waals surface area contributed by atoms with Crippen molar-refractivity contribution in [3.05, 3.63) is 29.8 Å².